The van der Waals surface area contributed by atoms with E-state index in [-0.39, 0.29) is 23.9 Å². The molecule has 1 amide bonds. The van der Waals surface area contributed by atoms with E-state index in [2.05, 4.69) is 20.1 Å². The van der Waals surface area contributed by atoms with Gasteiger partial charge in [0.25, 0.3) is 10.0 Å². The third-order valence-corrected chi connectivity index (χ3v) is 4.61. The van der Waals surface area contributed by atoms with Crippen molar-refractivity contribution in [2.45, 2.75) is 25.3 Å². The first-order valence-corrected chi connectivity index (χ1v) is 8.47. The molecular formula is C13H20N6O3S. The molecule has 0 atom stereocenters. The van der Waals surface area contributed by atoms with Crippen LogP contribution in [0.1, 0.15) is 17.9 Å². The third-order valence-electron chi connectivity index (χ3n) is 3.28. The van der Waals surface area contributed by atoms with E-state index in [0.717, 1.165) is 5.69 Å². The quantitative estimate of drug-likeness (QED) is 0.773. The van der Waals surface area contributed by atoms with Crippen molar-refractivity contribution < 1.29 is 13.2 Å². The lowest BCUT2D eigenvalue weighted by Crippen LogP contribution is -2.28. The van der Waals surface area contributed by atoms with Gasteiger partial charge >= 0.3 is 0 Å². The van der Waals surface area contributed by atoms with Gasteiger partial charge in [-0.2, -0.15) is 5.10 Å². The monoisotopic (exact) mass is 340 g/mol. The third kappa shape index (κ3) is 4.17. The van der Waals surface area contributed by atoms with Gasteiger partial charge in [0.05, 0.1) is 5.69 Å². The minimum Gasteiger partial charge on any atom is -0.337 e. The average molecular weight is 340 g/mol. The van der Waals surface area contributed by atoms with Crippen molar-refractivity contribution in [3.63, 3.8) is 0 Å². The molecule has 2 N–H and O–H groups in total. The van der Waals surface area contributed by atoms with E-state index in [1.165, 1.54) is 6.20 Å². The molecule has 2 aromatic heterocycles. The highest BCUT2D eigenvalue weighted by Gasteiger charge is 2.18. The number of nitrogens with zero attached hydrogens (tertiary/aromatic N) is 4. The lowest BCUT2D eigenvalue weighted by Gasteiger charge is -2.06. The van der Waals surface area contributed by atoms with Crippen LogP contribution in [0, 0.1) is 13.8 Å². The van der Waals surface area contributed by atoms with Gasteiger partial charge in [0, 0.05) is 39.3 Å². The molecule has 0 aliphatic rings. The highest BCUT2D eigenvalue weighted by Crippen LogP contribution is 2.09. The fraction of sp³-hybridized carbons (Fsp3) is 0.462. The summed E-state index contributed by atoms with van der Waals surface area (Å²) in [5.41, 5.74) is 0.786. The van der Waals surface area contributed by atoms with E-state index in [9.17, 15) is 13.2 Å². The molecule has 0 saturated heterocycles. The molecule has 2 rings (SSSR count). The summed E-state index contributed by atoms with van der Waals surface area (Å²) in [6.45, 7) is 3.52. The van der Waals surface area contributed by atoms with Gasteiger partial charge in [0.1, 0.15) is 11.6 Å². The summed E-state index contributed by atoms with van der Waals surface area (Å²) in [6, 6.07) is 1.73. The Bertz CT molecular complexity index is 801. The van der Waals surface area contributed by atoms with Crippen LogP contribution < -0.4 is 10.0 Å². The lowest BCUT2D eigenvalue weighted by atomic mass is 10.4. The molecule has 0 bridgehead atoms. The molecule has 0 fully saturated rings. The predicted octanol–water partition coefficient (Wildman–Crippen LogP) is 0.0775. The normalized spacial score (nSPS) is 11.7. The molecule has 0 unspecified atom stereocenters. The number of amides is 1. The van der Waals surface area contributed by atoms with Gasteiger partial charge in [0.2, 0.25) is 5.91 Å². The van der Waals surface area contributed by atoms with Gasteiger partial charge in [-0.05, 0) is 13.8 Å². The van der Waals surface area contributed by atoms with Crippen molar-refractivity contribution in [1.29, 1.82) is 0 Å². The fourth-order valence-corrected chi connectivity index (χ4v) is 3.03. The van der Waals surface area contributed by atoms with E-state index in [0.29, 0.717) is 11.6 Å². The number of carbonyl (C=O) groups excluding carboxylic acids is 1. The molecule has 0 aromatic carbocycles. The van der Waals surface area contributed by atoms with E-state index in [4.69, 9.17) is 0 Å². The second-order valence-corrected chi connectivity index (χ2v) is 6.94. The van der Waals surface area contributed by atoms with Crippen LogP contribution in [0.15, 0.2) is 17.3 Å². The Balaban J connectivity index is 1.89. The van der Waals surface area contributed by atoms with Gasteiger partial charge in [-0.3, -0.25) is 9.48 Å². The summed E-state index contributed by atoms with van der Waals surface area (Å²) in [5.74, 6) is 0.860. The Morgan fingerprint density at radius 2 is 2.00 bits per heavy atom. The maximum Gasteiger partial charge on any atom is 0.259 e. The van der Waals surface area contributed by atoms with Gasteiger partial charge in [-0.25, -0.2) is 18.1 Å². The van der Waals surface area contributed by atoms with Gasteiger partial charge < -0.3 is 9.88 Å². The highest BCUT2D eigenvalue weighted by molar-refractivity contribution is 7.89. The van der Waals surface area contributed by atoms with Crippen molar-refractivity contribution in [1.82, 2.24) is 24.1 Å². The molecular weight excluding hydrogens is 320 g/mol. The zero-order valence-corrected chi connectivity index (χ0v) is 14.3. The largest absolute Gasteiger partial charge is 0.337 e. The lowest BCUT2D eigenvalue weighted by molar-refractivity contribution is -0.116. The number of hydrogen-bond donors (Lipinski definition) is 2. The number of imidazole rings is 1. The number of nitrogens with one attached hydrogen (secondary N) is 2. The van der Waals surface area contributed by atoms with Crippen molar-refractivity contribution in [3.8, 4) is 0 Å². The molecule has 126 valence electrons. The minimum atomic E-state index is -3.71. The van der Waals surface area contributed by atoms with Crippen LogP contribution in [-0.4, -0.2) is 40.2 Å². The standard InChI is InChI=1S/C13H20N6O3S/c1-9-7-11(19(4)17-9)16-12(20)5-6-14-23(21,22)13-8-18(3)10(2)15-13/h7-8,14H,5-6H2,1-4H3,(H,16,20). The van der Waals surface area contributed by atoms with Crippen molar-refractivity contribution in [3.05, 3.63) is 23.8 Å². The number of aryl methyl sites for hydroxylation is 4. The molecule has 2 aromatic rings. The van der Waals surface area contributed by atoms with Crippen LogP contribution in [0.4, 0.5) is 5.82 Å². The zero-order chi connectivity index (χ0) is 17.2. The van der Waals surface area contributed by atoms with Crippen LogP contribution in [0.2, 0.25) is 0 Å². The maximum atomic E-state index is 12.1. The molecule has 23 heavy (non-hydrogen) atoms. The van der Waals surface area contributed by atoms with Crippen LogP contribution in [0.3, 0.4) is 0 Å². The number of sulfonamides is 1. The first kappa shape index (κ1) is 17.2. The summed E-state index contributed by atoms with van der Waals surface area (Å²) in [5, 5.41) is 6.74. The number of aromatic nitrogens is 4. The van der Waals surface area contributed by atoms with Crippen LogP contribution >= 0.6 is 0 Å². The number of anilines is 1. The first-order chi connectivity index (χ1) is 10.7. The number of rotatable bonds is 6. The maximum absolute atomic E-state index is 12.1. The predicted molar refractivity (Wildman–Crippen MR) is 84.3 cm³/mol. The Morgan fingerprint density at radius 1 is 1.30 bits per heavy atom. The molecule has 0 aliphatic heterocycles. The highest BCUT2D eigenvalue weighted by atomic mass is 32.2. The summed E-state index contributed by atoms with van der Waals surface area (Å²) >= 11 is 0. The van der Waals surface area contributed by atoms with E-state index >= 15 is 0 Å². The first-order valence-electron chi connectivity index (χ1n) is 6.99. The fourth-order valence-electron chi connectivity index (χ4n) is 1.96. The van der Waals surface area contributed by atoms with Crippen LogP contribution in [0.25, 0.3) is 0 Å². The van der Waals surface area contributed by atoms with Crippen molar-refractivity contribution in [2.75, 3.05) is 11.9 Å². The minimum absolute atomic E-state index is 0.00920. The Labute approximate surface area is 134 Å². The number of carbonyl (C=O) groups is 1. The van der Waals surface area contributed by atoms with Crippen molar-refractivity contribution >= 4 is 21.7 Å². The van der Waals surface area contributed by atoms with E-state index in [1.807, 2.05) is 6.92 Å². The Morgan fingerprint density at radius 3 is 2.52 bits per heavy atom. The molecule has 0 spiro atoms. The number of hydrogen-bond acceptors (Lipinski definition) is 5. The molecule has 9 nitrogen and oxygen atoms in total. The Kier molecular flexibility index (Phi) is 4.85. The molecule has 2 heterocycles. The molecule has 0 saturated carbocycles. The van der Waals surface area contributed by atoms with E-state index < -0.39 is 10.0 Å². The molecule has 0 aliphatic carbocycles. The van der Waals surface area contributed by atoms with Gasteiger partial charge in [0.15, 0.2) is 5.03 Å². The molecule has 0 radical (unpaired) electrons. The summed E-state index contributed by atoms with van der Waals surface area (Å²) in [4.78, 5) is 15.8. The van der Waals surface area contributed by atoms with Crippen molar-refractivity contribution in [2.24, 2.45) is 14.1 Å². The smallest absolute Gasteiger partial charge is 0.259 e. The summed E-state index contributed by atoms with van der Waals surface area (Å²) < 4.78 is 29.7. The summed E-state index contributed by atoms with van der Waals surface area (Å²) in [6.07, 6.45) is 1.44. The molecule has 10 heteroatoms. The van der Waals surface area contributed by atoms with Gasteiger partial charge in [-0.1, -0.05) is 0 Å². The topological polar surface area (TPSA) is 111 Å². The van der Waals surface area contributed by atoms with Gasteiger partial charge in [-0.15, -0.1) is 0 Å². The second kappa shape index (κ2) is 6.50. The Hall–Kier alpha value is -2.20. The summed E-state index contributed by atoms with van der Waals surface area (Å²) in [7, 11) is -0.284. The van der Waals surface area contributed by atoms with E-state index in [1.54, 1.807) is 36.3 Å². The van der Waals surface area contributed by atoms with Crippen LogP contribution in [-0.2, 0) is 28.9 Å². The average Bonchev–Trinajstić information content (AvgIpc) is 2.93. The SMILES string of the molecule is Cc1cc(NC(=O)CCNS(=O)(=O)c2cn(C)c(C)n2)n(C)n1. The second-order valence-electron chi connectivity index (χ2n) is 5.23. The van der Waals surface area contributed by atoms with Crippen LogP contribution in [0.5, 0.6) is 0 Å². The zero-order valence-electron chi connectivity index (χ0n) is 13.5.